The summed E-state index contributed by atoms with van der Waals surface area (Å²) in [7, 11) is 0. The highest BCUT2D eigenvalue weighted by molar-refractivity contribution is 5.93. The molecule has 22 heavy (non-hydrogen) atoms. The molecule has 2 aromatic rings. The molecule has 1 aliphatic heterocycles. The summed E-state index contributed by atoms with van der Waals surface area (Å²) < 4.78 is 10.7. The fourth-order valence-corrected chi connectivity index (χ4v) is 2.36. The summed E-state index contributed by atoms with van der Waals surface area (Å²) in [6.07, 6.45) is 0. The van der Waals surface area contributed by atoms with Crippen molar-refractivity contribution < 1.29 is 14.1 Å². The van der Waals surface area contributed by atoms with E-state index >= 15 is 0 Å². The normalized spacial score (nSPS) is 13.7. The van der Waals surface area contributed by atoms with Crippen molar-refractivity contribution in [3.05, 3.63) is 36.0 Å². The summed E-state index contributed by atoms with van der Waals surface area (Å²) in [6, 6.07) is 9.47. The van der Waals surface area contributed by atoms with Gasteiger partial charge in [-0.05, 0) is 18.1 Å². The molecule has 6 nitrogen and oxygen atoms in total. The van der Waals surface area contributed by atoms with E-state index in [1.807, 2.05) is 43.0 Å². The minimum absolute atomic E-state index is 0.136. The maximum absolute atomic E-state index is 12.2. The first-order chi connectivity index (χ1) is 10.6. The molecular weight excluding hydrogens is 282 g/mol. The highest BCUT2D eigenvalue weighted by atomic mass is 16.5. The van der Waals surface area contributed by atoms with Crippen LogP contribution in [0.3, 0.4) is 0 Å². The van der Waals surface area contributed by atoms with E-state index in [2.05, 4.69) is 10.5 Å². The minimum atomic E-state index is -0.136. The molecule has 0 aliphatic carbocycles. The molecule has 0 saturated heterocycles. The molecule has 0 fully saturated rings. The number of rotatable bonds is 4. The standard InChI is InChI=1S/C16H19N3O3/c1-11(2)12-9-16(22-18-12)17-15(20)10-19-7-8-21-14-6-4-3-5-13(14)19/h3-6,9,11H,7-8,10H2,1-2H3,(H,17,20). The Kier molecular flexibility index (Phi) is 4.00. The SMILES string of the molecule is CC(C)c1cc(NC(=O)CN2CCOc3ccccc32)on1. The van der Waals surface area contributed by atoms with Crippen molar-refractivity contribution in [2.75, 3.05) is 29.9 Å². The number of para-hydroxylation sites is 2. The van der Waals surface area contributed by atoms with Gasteiger partial charge in [-0.25, -0.2) is 0 Å². The Balaban J connectivity index is 1.65. The molecule has 0 atom stereocenters. The number of fused-ring (bicyclic) bond motifs is 1. The second-order valence-electron chi connectivity index (χ2n) is 5.56. The molecule has 1 amide bonds. The highest BCUT2D eigenvalue weighted by Crippen LogP contribution is 2.30. The zero-order valence-corrected chi connectivity index (χ0v) is 12.7. The Morgan fingerprint density at radius 3 is 3.00 bits per heavy atom. The van der Waals surface area contributed by atoms with Crippen LogP contribution in [0.2, 0.25) is 0 Å². The Bertz CT molecular complexity index is 666. The van der Waals surface area contributed by atoms with Gasteiger partial charge in [-0.15, -0.1) is 0 Å². The van der Waals surface area contributed by atoms with Gasteiger partial charge in [0.05, 0.1) is 24.5 Å². The number of hydrogen-bond acceptors (Lipinski definition) is 5. The number of ether oxygens (including phenoxy) is 1. The quantitative estimate of drug-likeness (QED) is 0.940. The van der Waals surface area contributed by atoms with Gasteiger partial charge in [0.15, 0.2) is 0 Å². The molecule has 2 heterocycles. The minimum Gasteiger partial charge on any atom is -0.490 e. The number of aromatic nitrogens is 1. The van der Waals surface area contributed by atoms with Crippen LogP contribution < -0.4 is 15.0 Å². The van der Waals surface area contributed by atoms with Gasteiger partial charge in [-0.3, -0.25) is 10.1 Å². The second-order valence-corrected chi connectivity index (χ2v) is 5.56. The molecule has 1 aromatic heterocycles. The molecule has 116 valence electrons. The third-order valence-electron chi connectivity index (χ3n) is 3.54. The maximum atomic E-state index is 12.2. The van der Waals surface area contributed by atoms with E-state index < -0.39 is 0 Å². The number of amides is 1. The third-order valence-corrected chi connectivity index (χ3v) is 3.54. The number of carbonyl (C=O) groups is 1. The maximum Gasteiger partial charge on any atom is 0.246 e. The van der Waals surface area contributed by atoms with E-state index in [1.165, 1.54) is 0 Å². The van der Waals surface area contributed by atoms with Crippen LogP contribution in [0.15, 0.2) is 34.9 Å². The molecule has 1 aromatic carbocycles. The summed E-state index contributed by atoms with van der Waals surface area (Å²) in [5, 5.41) is 6.67. The number of nitrogens with zero attached hydrogens (tertiary/aromatic N) is 2. The van der Waals surface area contributed by atoms with Gasteiger partial charge in [0, 0.05) is 6.07 Å². The van der Waals surface area contributed by atoms with Crippen LogP contribution in [0, 0.1) is 0 Å². The van der Waals surface area contributed by atoms with Crippen molar-refractivity contribution in [3.63, 3.8) is 0 Å². The first-order valence-electron chi connectivity index (χ1n) is 7.36. The van der Waals surface area contributed by atoms with Gasteiger partial charge in [0.2, 0.25) is 11.8 Å². The lowest BCUT2D eigenvalue weighted by atomic mass is 10.1. The number of benzene rings is 1. The third kappa shape index (κ3) is 3.05. The van der Waals surface area contributed by atoms with E-state index in [9.17, 15) is 4.79 Å². The number of nitrogens with one attached hydrogen (secondary N) is 1. The lowest BCUT2D eigenvalue weighted by molar-refractivity contribution is -0.115. The Labute approximate surface area is 129 Å². The van der Waals surface area contributed by atoms with E-state index in [0.717, 1.165) is 17.1 Å². The predicted molar refractivity (Wildman–Crippen MR) is 83.4 cm³/mol. The summed E-state index contributed by atoms with van der Waals surface area (Å²) in [5.41, 5.74) is 1.76. The first-order valence-corrected chi connectivity index (χ1v) is 7.36. The topological polar surface area (TPSA) is 67.6 Å². The van der Waals surface area contributed by atoms with Crippen LogP contribution in [0.5, 0.6) is 5.75 Å². The fourth-order valence-electron chi connectivity index (χ4n) is 2.36. The lowest BCUT2D eigenvalue weighted by Crippen LogP contribution is -2.38. The van der Waals surface area contributed by atoms with Gasteiger partial charge in [-0.1, -0.05) is 31.1 Å². The van der Waals surface area contributed by atoms with Crippen molar-refractivity contribution >= 4 is 17.5 Å². The average molecular weight is 301 g/mol. The zero-order valence-electron chi connectivity index (χ0n) is 12.7. The molecule has 0 saturated carbocycles. The first kappa shape index (κ1) is 14.4. The van der Waals surface area contributed by atoms with Gasteiger partial charge in [-0.2, -0.15) is 0 Å². The number of anilines is 2. The van der Waals surface area contributed by atoms with Crippen molar-refractivity contribution in [2.24, 2.45) is 0 Å². The summed E-state index contributed by atoms with van der Waals surface area (Å²) in [6.45, 7) is 5.54. The number of hydrogen-bond donors (Lipinski definition) is 1. The summed E-state index contributed by atoms with van der Waals surface area (Å²) >= 11 is 0. The van der Waals surface area contributed by atoms with Crippen molar-refractivity contribution in [3.8, 4) is 5.75 Å². The van der Waals surface area contributed by atoms with E-state index in [0.29, 0.717) is 19.0 Å². The molecule has 3 rings (SSSR count). The fraction of sp³-hybridized carbons (Fsp3) is 0.375. The van der Waals surface area contributed by atoms with Crippen LogP contribution in [0.1, 0.15) is 25.5 Å². The van der Waals surface area contributed by atoms with E-state index in [1.54, 1.807) is 6.07 Å². The molecule has 1 N–H and O–H groups in total. The van der Waals surface area contributed by atoms with Gasteiger partial charge < -0.3 is 14.2 Å². The Morgan fingerprint density at radius 1 is 1.41 bits per heavy atom. The second kappa shape index (κ2) is 6.09. The molecular formula is C16H19N3O3. The van der Waals surface area contributed by atoms with Crippen molar-refractivity contribution in [1.29, 1.82) is 0 Å². The van der Waals surface area contributed by atoms with Gasteiger partial charge in [0.25, 0.3) is 0 Å². The van der Waals surface area contributed by atoms with Crippen LogP contribution >= 0.6 is 0 Å². The Morgan fingerprint density at radius 2 is 2.23 bits per heavy atom. The average Bonchev–Trinajstić information content (AvgIpc) is 2.96. The summed E-state index contributed by atoms with van der Waals surface area (Å²) in [4.78, 5) is 14.2. The molecule has 6 heteroatoms. The van der Waals surface area contributed by atoms with Crippen LogP contribution in [0.25, 0.3) is 0 Å². The van der Waals surface area contributed by atoms with Gasteiger partial charge >= 0.3 is 0 Å². The Hall–Kier alpha value is -2.50. The van der Waals surface area contributed by atoms with Crippen LogP contribution in [-0.2, 0) is 4.79 Å². The van der Waals surface area contributed by atoms with Gasteiger partial charge in [0.1, 0.15) is 12.4 Å². The highest BCUT2D eigenvalue weighted by Gasteiger charge is 2.20. The van der Waals surface area contributed by atoms with E-state index in [4.69, 9.17) is 9.26 Å². The molecule has 0 bridgehead atoms. The van der Waals surface area contributed by atoms with E-state index in [-0.39, 0.29) is 18.4 Å². The van der Waals surface area contributed by atoms with Crippen LogP contribution in [-0.4, -0.2) is 30.8 Å². The van der Waals surface area contributed by atoms with Crippen molar-refractivity contribution in [1.82, 2.24) is 5.16 Å². The smallest absolute Gasteiger partial charge is 0.246 e. The largest absolute Gasteiger partial charge is 0.490 e. The zero-order chi connectivity index (χ0) is 15.5. The predicted octanol–water partition coefficient (Wildman–Crippen LogP) is 2.64. The molecule has 0 spiro atoms. The van der Waals surface area contributed by atoms with Crippen molar-refractivity contribution in [2.45, 2.75) is 19.8 Å². The number of carbonyl (C=O) groups excluding carboxylic acids is 1. The lowest BCUT2D eigenvalue weighted by Gasteiger charge is -2.30. The summed E-state index contributed by atoms with van der Waals surface area (Å²) in [5.74, 6) is 1.32. The molecule has 0 unspecified atom stereocenters. The molecule has 0 radical (unpaired) electrons. The molecule has 1 aliphatic rings. The van der Waals surface area contributed by atoms with Crippen LogP contribution in [0.4, 0.5) is 11.6 Å². The monoisotopic (exact) mass is 301 g/mol.